The second kappa shape index (κ2) is 4.49. The summed E-state index contributed by atoms with van der Waals surface area (Å²) in [7, 11) is 0. The van der Waals surface area contributed by atoms with E-state index in [0.29, 0.717) is 12.0 Å². The molecule has 3 heteroatoms. The van der Waals surface area contributed by atoms with Crippen LogP contribution in [-0.2, 0) is 6.42 Å². The second-order valence-corrected chi connectivity index (χ2v) is 3.91. The zero-order valence-electron chi connectivity index (χ0n) is 9.11. The summed E-state index contributed by atoms with van der Waals surface area (Å²) < 4.78 is 18.8. The standard InChI is InChI=1S/C13H14FNO/c1-9-4-5-11(12(14)7-9)13(15)8-10-3-2-6-16-10/h2-7,13H,8,15H2,1H3. The minimum atomic E-state index is -0.369. The van der Waals surface area contributed by atoms with Crippen LogP contribution in [0, 0.1) is 12.7 Å². The number of halogens is 1. The van der Waals surface area contributed by atoms with Gasteiger partial charge in [0.05, 0.1) is 6.26 Å². The third-order valence-electron chi connectivity index (χ3n) is 2.56. The van der Waals surface area contributed by atoms with Crippen LogP contribution in [0.1, 0.15) is 22.9 Å². The zero-order valence-corrected chi connectivity index (χ0v) is 9.11. The van der Waals surface area contributed by atoms with Gasteiger partial charge in [-0.05, 0) is 30.7 Å². The first-order chi connectivity index (χ1) is 7.66. The number of hydrogen-bond acceptors (Lipinski definition) is 2. The van der Waals surface area contributed by atoms with Crippen LogP contribution < -0.4 is 5.73 Å². The Morgan fingerprint density at radius 1 is 1.38 bits per heavy atom. The fraction of sp³-hybridized carbons (Fsp3) is 0.231. The van der Waals surface area contributed by atoms with E-state index in [1.54, 1.807) is 18.4 Å². The smallest absolute Gasteiger partial charge is 0.128 e. The van der Waals surface area contributed by atoms with Crippen molar-refractivity contribution in [2.75, 3.05) is 0 Å². The maximum Gasteiger partial charge on any atom is 0.128 e. The molecule has 0 bridgehead atoms. The lowest BCUT2D eigenvalue weighted by Crippen LogP contribution is -2.14. The monoisotopic (exact) mass is 219 g/mol. The topological polar surface area (TPSA) is 39.2 Å². The first kappa shape index (κ1) is 10.9. The molecule has 1 atom stereocenters. The van der Waals surface area contributed by atoms with Crippen LogP contribution in [0.15, 0.2) is 41.0 Å². The number of furan rings is 1. The van der Waals surface area contributed by atoms with Crippen molar-refractivity contribution in [3.05, 3.63) is 59.3 Å². The van der Waals surface area contributed by atoms with E-state index in [9.17, 15) is 4.39 Å². The van der Waals surface area contributed by atoms with Gasteiger partial charge in [0.15, 0.2) is 0 Å². The van der Waals surface area contributed by atoms with E-state index in [1.807, 2.05) is 19.1 Å². The quantitative estimate of drug-likeness (QED) is 0.861. The molecular weight excluding hydrogens is 205 g/mol. The highest BCUT2D eigenvalue weighted by atomic mass is 19.1. The van der Waals surface area contributed by atoms with Crippen LogP contribution in [0.2, 0.25) is 0 Å². The summed E-state index contributed by atoms with van der Waals surface area (Å²) in [5.41, 5.74) is 7.36. The Hall–Kier alpha value is -1.61. The molecule has 84 valence electrons. The molecule has 1 heterocycles. The molecule has 0 radical (unpaired) electrons. The molecule has 1 unspecified atom stereocenters. The van der Waals surface area contributed by atoms with Gasteiger partial charge in [-0.25, -0.2) is 4.39 Å². The maximum atomic E-state index is 13.6. The Balaban J connectivity index is 2.17. The van der Waals surface area contributed by atoms with Gasteiger partial charge in [-0.2, -0.15) is 0 Å². The summed E-state index contributed by atoms with van der Waals surface area (Å²) in [5, 5.41) is 0. The molecule has 0 amide bonds. The van der Waals surface area contributed by atoms with Crippen molar-refractivity contribution in [1.82, 2.24) is 0 Å². The Morgan fingerprint density at radius 3 is 2.81 bits per heavy atom. The Kier molecular flexibility index (Phi) is 3.06. The Morgan fingerprint density at radius 2 is 2.19 bits per heavy atom. The molecule has 16 heavy (non-hydrogen) atoms. The van der Waals surface area contributed by atoms with Crippen molar-refractivity contribution < 1.29 is 8.81 Å². The van der Waals surface area contributed by atoms with Crippen molar-refractivity contribution in [2.45, 2.75) is 19.4 Å². The molecule has 0 aliphatic carbocycles. The van der Waals surface area contributed by atoms with Gasteiger partial charge in [0.25, 0.3) is 0 Å². The first-order valence-corrected chi connectivity index (χ1v) is 5.21. The van der Waals surface area contributed by atoms with Crippen molar-refractivity contribution in [3.63, 3.8) is 0 Å². The fourth-order valence-electron chi connectivity index (χ4n) is 1.69. The summed E-state index contributed by atoms with van der Waals surface area (Å²) in [5.74, 6) is 0.520. The number of nitrogens with two attached hydrogens (primary N) is 1. The van der Waals surface area contributed by atoms with Crippen LogP contribution in [0.4, 0.5) is 4.39 Å². The lowest BCUT2D eigenvalue weighted by atomic mass is 10.0. The van der Waals surface area contributed by atoms with E-state index in [4.69, 9.17) is 10.2 Å². The van der Waals surface area contributed by atoms with Crippen molar-refractivity contribution >= 4 is 0 Å². The summed E-state index contributed by atoms with van der Waals surface area (Å²) in [4.78, 5) is 0. The molecule has 0 aliphatic rings. The van der Waals surface area contributed by atoms with E-state index in [-0.39, 0.29) is 11.9 Å². The summed E-state index contributed by atoms with van der Waals surface area (Å²) in [6.07, 6.45) is 2.10. The molecule has 1 aromatic heterocycles. The van der Waals surface area contributed by atoms with Gasteiger partial charge in [0.1, 0.15) is 11.6 Å². The van der Waals surface area contributed by atoms with Gasteiger partial charge in [-0.1, -0.05) is 12.1 Å². The zero-order chi connectivity index (χ0) is 11.5. The third kappa shape index (κ3) is 2.31. The third-order valence-corrected chi connectivity index (χ3v) is 2.56. The average molecular weight is 219 g/mol. The summed E-state index contributed by atoms with van der Waals surface area (Å²) >= 11 is 0. The van der Waals surface area contributed by atoms with E-state index in [1.165, 1.54) is 6.07 Å². The SMILES string of the molecule is Cc1ccc(C(N)Cc2ccco2)c(F)c1. The molecule has 2 N–H and O–H groups in total. The molecule has 0 spiro atoms. The van der Waals surface area contributed by atoms with Crippen LogP contribution in [0.5, 0.6) is 0 Å². The molecule has 2 rings (SSSR count). The summed E-state index contributed by atoms with van der Waals surface area (Å²) in [6, 6.07) is 8.36. The fourth-order valence-corrected chi connectivity index (χ4v) is 1.69. The van der Waals surface area contributed by atoms with Gasteiger partial charge >= 0.3 is 0 Å². The summed E-state index contributed by atoms with van der Waals surface area (Å²) in [6.45, 7) is 1.85. The van der Waals surface area contributed by atoms with E-state index >= 15 is 0 Å². The number of rotatable bonds is 3. The average Bonchev–Trinajstić information content (AvgIpc) is 2.70. The molecule has 1 aromatic carbocycles. The molecule has 0 saturated carbocycles. The van der Waals surface area contributed by atoms with Crippen LogP contribution in [0.3, 0.4) is 0 Å². The van der Waals surface area contributed by atoms with Crippen molar-refractivity contribution in [3.8, 4) is 0 Å². The Labute approximate surface area is 93.9 Å². The number of hydrogen-bond donors (Lipinski definition) is 1. The van der Waals surface area contributed by atoms with E-state index < -0.39 is 0 Å². The normalized spacial score (nSPS) is 12.7. The second-order valence-electron chi connectivity index (χ2n) is 3.91. The van der Waals surface area contributed by atoms with Crippen LogP contribution in [0.25, 0.3) is 0 Å². The first-order valence-electron chi connectivity index (χ1n) is 5.21. The van der Waals surface area contributed by atoms with Crippen molar-refractivity contribution in [1.29, 1.82) is 0 Å². The number of benzene rings is 1. The minimum absolute atomic E-state index is 0.251. The predicted molar refractivity (Wildman–Crippen MR) is 60.5 cm³/mol. The van der Waals surface area contributed by atoms with Crippen molar-refractivity contribution in [2.24, 2.45) is 5.73 Å². The Bertz CT molecular complexity index is 465. The highest BCUT2D eigenvalue weighted by Crippen LogP contribution is 2.20. The van der Waals surface area contributed by atoms with E-state index in [0.717, 1.165) is 11.3 Å². The lowest BCUT2D eigenvalue weighted by Gasteiger charge is -2.11. The number of aryl methyl sites for hydroxylation is 1. The van der Waals surface area contributed by atoms with Gasteiger partial charge in [0, 0.05) is 18.0 Å². The molecule has 0 saturated heterocycles. The minimum Gasteiger partial charge on any atom is -0.469 e. The molecule has 0 fully saturated rings. The van der Waals surface area contributed by atoms with Gasteiger partial charge in [-0.15, -0.1) is 0 Å². The van der Waals surface area contributed by atoms with Gasteiger partial charge in [0.2, 0.25) is 0 Å². The largest absolute Gasteiger partial charge is 0.469 e. The van der Waals surface area contributed by atoms with Gasteiger partial charge in [-0.3, -0.25) is 0 Å². The molecule has 2 nitrogen and oxygen atoms in total. The maximum absolute atomic E-state index is 13.6. The predicted octanol–water partition coefficient (Wildman–Crippen LogP) is 2.97. The van der Waals surface area contributed by atoms with E-state index in [2.05, 4.69) is 0 Å². The van der Waals surface area contributed by atoms with Gasteiger partial charge < -0.3 is 10.2 Å². The van der Waals surface area contributed by atoms with Crippen LogP contribution >= 0.6 is 0 Å². The molecular formula is C13H14FNO. The highest BCUT2D eigenvalue weighted by molar-refractivity contribution is 5.26. The highest BCUT2D eigenvalue weighted by Gasteiger charge is 2.13. The molecule has 2 aromatic rings. The lowest BCUT2D eigenvalue weighted by molar-refractivity contribution is 0.481. The van der Waals surface area contributed by atoms with Crippen LogP contribution in [-0.4, -0.2) is 0 Å². The molecule has 0 aliphatic heterocycles.